The van der Waals surface area contributed by atoms with Crippen molar-refractivity contribution in [1.82, 2.24) is 14.9 Å². The Hall–Kier alpha value is -1.36. The maximum Gasteiger partial charge on any atom is 0.221 e. The molecule has 0 aromatic carbocycles. The predicted octanol–water partition coefficient (Wildman–Crippen LogP) is 2.58. The van der Waals surface area contributed by atoms with E-state index in [-0.39, 0.29) is 5.54 Å². The molecule has 5 heteroatoms. The quantitative estimate of drug-likeness (QED) is 0.793. The summed E-state index contributed by atoms with van der Waals surface area (Å²) in [5.74, 6) is 1.59. The molecule has 1 rings (SSSR count). The molecule has 114 valence electrons. The molecule has 0 fully saturated rings. The van der Waals surface area contributed by atoms with E-state index in [1.54, 1.807) is 6.33 Å². The monoisotopic (exact) mass is 280 g/mol. The normalized spacial score (nSPS) is 11.8. The molecule has 1 N–H and O–H groups in total. The highest BCUT2D eigenvalue weighted by Crippen LogP contribution is 2.24. The molecule has 0 amide bonds. The summed E-state index contributed by atoms with van der Waals surface area (Å²) in [6.07, 6.45) is 3.52. The fourth-order valence-corrected chi connectivity index (χ4v) is 1.69. The van der Waals surface area contributed by atoms with Crippen LogP contribution in [0, 0.1) is 0 Å². The lowest BCUT2D eigenvalue weighted by molar-refractivity contribution is 0.110. The number of anilines is 1. The van der Waals surface area contributed by atoms with E-state index in [9.17, 15) is 0 Å². The highest BCUT2D eigenvalue weighted by atomic mass is 16.5. The van der Waals surface area contributed by atoms with Crippen LogP contribution in [0.25, 0.3) is 0 Å². The molecule has 5 nitrogen and oxygen atoms in total. The van der Waals surface area contributed by atoms with Crippen LogP contribution in [-0.4, -0.2) is 47.7 Å². The Kier molecular flexibility index (Phi) is 6.20. The van der Waals surface area contributed by atoms with Crippen molar-refractivity contribution in [3.8, 4) is 5.88 Å². The predicted molar refractivity (Wildman–Crippen MR) is 83.5 cm³/mol. The molecule has 0 saturated heterocycles. The van der Waals surface area contributed by atoms with Crippen molar-refractivity contribution in [3.05, 3.63) is 11.9 Å². The number of nitrogens with one attached hydrogen (secondary N) is 1. The number of hydrogen-bond donors (Lipinski definition) is 1. The SMILES string of the molecule is CCCc1c(NCC)ncnc1OCC(C)(C)N(C)C. The van der Waals surface area contributed by atoms with Gasteiger partial charge in [0, 0.05) is 12.1 Å². The number of hydrogen-bond acceptors (Lipinski definition) is 5. The smallest absolute Gasteiger partial charge is 0.221 e. The van der Waals surface area contributed by atoms with Gasteiger partial charge in [0.25, 0.3) is 0 Å². The van der Waals surface area contributed by atoms with Crippen molar-refractivity contribution in [1.29, 1.82) is 0 Å². The second-order valence-electron chi connectivity index (χ2n) is 5.78. The van der Waals surface area contributed by atoms with Crippen molar-refractivity contribution in [2.75, 3.05) is 32.6 Å². The van der Waals surface area contributed by atoms with Gasteiger partial charge in [-0.3, -0.25) is 0 Å². The minimum absolute atomic E-state index is 0.0349. The highest BCUT2D eigenvalue weighted by Gasteiger charge is 2.22. The lowest BCUT2D eigenvalue weighted by atomic mass is 10.1. The van der Waals surface area contributed by atoms with Crippen LogP contribution >= 0.6 is 0 Å². The molecule has 0 atom stereocenters. The van der Waals surface area contributed by atoms with E-state index in [0.717, 1.165) is 30.8 Å². The van der Waals surface area contributed by atoms with Crippen LogP contribution in [0.5, 0.6) is 5.88 Å². The van der Waals surface area contributed by atoms with Gasteiger partial charge in [-0.2, -0.15) is 0 Å². The summed E-state index contributed by atoms with van der Waals surface area (Å²) in [5, 5.41) is 3.28. The van der Waals surface area contributed by atoms with Gasteiger partial charge < -0.3 is 15.0 Å². The van der Waals surface area contributed by atoms with Gasteiger partial charge in [-0.25, -0.2) is 9.97 Å². The first-order chi connectivity index (χ1) is 9.42. The van der Waals surface area contributed by atoms with Gasteiger partial charge in [0.15, 0.2) is 0 Å². The molecule has 0 unspecified atom stereocenters. The van der Waals surface area contributed by atoms with Gasteiger partial charge in [0.05, 0.1) is 5.56 Å². The molecule has 0 spiro atoms. The van der Waals surface area contributed by atoms with Crippen molar-refractivity contribution in [2.45, 2.75) is 46.1 Å². The zero-order chi connectivity index (χ0) is 15.2. The average molecular weight is 280 g/mol. The van der Waals surface area contributed by atoms with Gasteiger partial charge in [-0.15, -0.1) is 0 Å². The van der Waals surface area contributed by atoms with Crippen molar-refractivity contribution in [3.63, 3.8) is 0 Å². The van der Waals surface area contributed by atoms with E-state index in [1.807, 2.05) is 0 Å². The minimum atomic E-state index is -0.0349. The summed E-state index contributed by atoms with van der Waals surface area (Å²) in [6.45, 7) is 9.96. The largest absolute Gasteiger partial charge is 0.475 e. The third-order valence-corrected chi connectivity index (χ3v) is 3.52. The van der Waals surface area contributed by atoms with Crippen LogP contribution in [-0.2, 0) is 6.42 Å². The van der Waals surface area contributed by atoms with Gasteiger partial charge in [-0.05, 0) is 41.3 Å². The average Bonchev–Trinajstić information content (AvgIpc) is 2.39. The molecule has 1 heterocycles. The molecule has 0 aliphatic rings. The first kappa shape index (κ1) is 16.7. The Labute approximate surface area is 122 Å². The van der Waals surface area contributed by atoms with Crippen LogP contribution in [0.1, 0.15) is 39.7 Å². The number of likely N-dealkylation sites (N-methyl/N-ethyl adjacent to an activating group) is 1. The fourth-order valence-electron chi connectivity index (χ4n) is 1.69. The molecule has 20 heavy (non-hydrogen) atoms. The van der Waals surface area contributed by atoms with Crippen LogP contribution < -0.4 is 10.1 Å². The maximum absolute atomic E-state index is 5.97. The Morgan fingerprint density at radius 2 is 1.95 bits per heavy atom. The molecular formula is C15H28N4O. The van der Waals surface area contributed by atoms with Crippen molar-refractivity contribution < 1.29 is 4.74 Å². The summed E-state index contributed by atoms with van der Waals surface area (Å²) < 4.78 is 5.97. The van der Waals surface area contributed by atoms with Crippen molar-refractivity contribution in [2.24, 2.45) is 0 Å². The Bertz CT molecular complexity index is 418. The van der Waals surface area contributed by atoms with Crippen molar-refractivity contribution >= 4 is 5.82 Å². The van der Waals surface area contributed by atoms with E-state index >= 15 is 0 Å². The third-order valence-electron chi connectivity index (χ3n) is 3.52. The van der Waals surface area contributed by atoms with Gasteiger partial charge >= 0.3 is 0 Å². The van der Waals surface area contributed by atoms with Gasteiger partial charge in [0.2, 0.25) is 5.88 Å². The molecule has 0 aliphatic heterocycles. The van der Waals surface area contributed by atoms with Crippen LogP contribution in [0.4, 0.5) is 5.82 Å². The van der Waals surface area contributed by atoms with E-state index < -0.39 is 0 Å². The van der Waals surface area contributed by atoms with E-state index in [1.165, 1.54) is 0 Å². The summed E-state index contributed by atoms with van der Waals surface area (Å²) >= 11 is 0. The topological polar surface area (TPSA) is 50.3 Å². The summed E-state index contributed by atoms with van der Waals surface area (Å²) in [5.41, 5.74) is 1.04. The number of rotatable bonds is 8. The Balaban J connectivity index is 2.91. The van der Waals surface area contributed by atoms with E-state index in [4.69, 9.17) is 4.74 Å². The molecule has 0 saturated carbocycles. The van der Waals surface area contributed by atoms with Crippen LogP contribution in [0.2, 0.25) is 0 Å². The number of nitrogens with zero attached hydrogens (tertiary/aromatic N) is 3. The number of ether oxygens (including phenoxy) is 1. The first-order valence-corrected chi connectivity index (χ1v) is 7.30. The molecule has 0 aliphatic carbocycles. The Morgan fingerprint density at radius 1 is 1.25 bits per heavy atom. The van der Waals surface area contributed by atoms with Crippen LogP contribution in [0.3, 0.4) is 0 Å². The van der Waals surface area contributed by atoms with E-state index in [2.05, 4.69) is 62.0 Å². The minimum Gasteiger partial charge on any atom is -0.475 e. The Morgan fingerprint density at radius 3 is 2.50 bits per heavy atom. The summed E-state index contributed by atoms with van der Waals surface area (Å²) in [7, 11) is 4.11. The second-order valence-corrected chi connectivity index (χ2v) is 5.78. The molecule has 1 aromatic rings. The third kappa shape index (κ3) is 4.34. The van der Waals surface area contributed by atoms with Crippen LogP contribution in [0.15, 0.2) is 6.33 Å². The standard InChI is InChI=1S/C15H28N4O/c1-7-9-12-13(16-8-2)17-11-18-14(12)20-10-15(3,4)19(5)6/h11H,7-10H2,1-6H3,(H,16,17,18). The summed E-state index contributed by atoms with van der Waals surface area (Å²) in [4.78, 5) is 10.8. The molecule has 0 bridgehead atoms. The maximum atomic E-state index is 5.97. The number of aromatic nitrogens is 2. The lowest BCUT2D eigenvalue weighted by Crippen LogP contribution is -2.43. The van der Waals surface area contributed by atoms with Gasteiger partial charge in [0.1, 0.15) is 18.8 Å². The fraction of sp³-hybridized carbons (Fsp3) is 0.733. The van der Waals surface area contributed by atoms with Gasteiger partial charge in [-0.1, -0.05) is 13.3 Å². The molecule has 0 radical (unpaired) electrons. The zero-order valence-corrected chi connectivity index (χ0v) is 13.7. The first-order valence-electron chi connectivity index (χ1n) is 7.30. The molecular weight excluding hydrogens is 252 g/mol. The zero-order valence-electron chi connectivity index (χ0n) is 13.7. The second kappa shape index (κ2) is 7.43. The summed E-state index contributed by atoms with van der Waals surface area (Å²) in [6, 6.07) is 0. The highest BCUT2D eigenvalue weighted by molar-refractivity contribution is 5.48. The lowest BCUT2D eigenvalue weighted by Gasteiger charge is -2.32. The molecule has 1 aromatic heterocycles. The van der Waals surface area contributed by atoms with E-state index in [0.29, 0.717) is 12.5 Å².